The van der Waals surface area contributed by atoms with Gasteiger partial charge in [-0.25, -0.2) is 4.39 Å². The fourth-order valence-electron chi connectivity index (χ4n) is 1.99. The highest BCUT2D eigenvalue weighted by Gasteiger charge is 2.07. The van der Waals surface area contributed by atoms with Gasteiger partial charge in [0.2, 0.25) is 0 Å². The van der Waals surface area contributed by atoms with Crippen molar-refractivity contribution in [3.8, 4) is 11.5 Å². The van der Waals surface area contributed by atoms with Crippen LogP contribution in [-0.2, 0) is 13.2 Å². The molecule has 0 aromatic heterocycles. The van der Waals surface area contributed by atoms with Gasteiger partial charge >= 0.3 is 0 Å². The van der Waals surface area contributed by atoms with Gasteiger partial charge in [-0.1, -0.05) is 6.07 Å². The van der Waals surface area contributed by atoms with Crippen molar-refractivity contribution in [2.75, 3.05) is 19.5 Å². The number of benzene rings is 2. The molecule has 0 aliphatic heterocycles. The van der Waals surface area contributed by atoms with E-state index in [2.05, 4.69) is 5.32 Å². The van der Waals surface area contributed by atoms with Crippen LogP contribution in [0.4, 0.5) is 10.1 Å². The van der Waals surface area contributed by atoms with E-state index in [0.717, 1.165) is 5.56 Å². The van der Waals surface area contributed by atoms with Crippen LogP contribution in [0.25, 0.3) is 0 Å². The maximum Gasteiger partial charge on any atom is 0.146 e. The number of nitrogens with one attached hydrogen (secondary N) is 1. The lowest BCUT2D eigenvalue weighted by molar-refractivity contribution is 0.281. The molecule has 2 N–H and O–H groups in total. The first-order valence-electron chi connectivity index (χ1n) is 6.52. The van der Waals surface area contributed by atoms with Gasteiger partial charge in [-0.3, -0.25) is 0 Å². The van der Waals surface area contributed by atoms with Gasteiger partial charge in [0.1, 0.15) is 17.3 Å². The molecule has 0 aliphatic carbocycles. The quantitative estimate of drug-likeness (QED) is 0.859. The summed E-state index contributed by atoms with van der Waals surface area (Å²) in [4.78, 5) is 0. The number of aliphatic hydroxyl groups is 1. The summed E-state index contributed by atoms with van der Waals surface area (Å²) in [7, 11) is 3.17. The summed E-state index contributed by atoms with van der Waals surface area (Å²) in [6.45, 7) is 0.242. The minimum atomic E-state index is -0.394. The molecular formula is C16H18FNO3. The number of halogens is 1. The molecule has 0 unspecified atom stereocenters. The van der Waals surface area contributed by atoms with E-state index in [1.165, 1.54) is 6.07 Å². The summed E-state index contributed by atoms with van der Waals surface area (Å²) < 4.78 is 24.2. The van der Waals surface area contributed by atoms with E-state index in [1.54, 1.807) is 32.4 Å². The van der Waals surface area contributed by atoms with Crippen LogP contribution in [0.1, 0.15) is 11.1 Å². The lowest BCUT2D eigenvalue weighted by Crippen LogP contribution is -2.04. The molecule has 0 amide bonds. The van der Waals surface area contributed by atoms with Crippen molar-refractivity contribution >= 4 is 5.69 Å². The van der Waals surface area contributed by atoms with Crippen LogP contribution >= 0.6 is 0 Å². The predicted octanol–water partition coefficient (Wildman–Crippen LogP) is 2.95. The molecule has 5 heteroatoms. The molecule has 0 aliphatic rings. The van der Waals surface area contributed by atoms with Gasteiger partial charge in [-0.05, 0) is 29.8 Å². The number of ether oxygens (including phenoxy) is 2. The van der Waals surface area contributed by atoms with Crippen LogP contribution in [-0.4, -0.2) is 19.3 Å². The van der Waals surface area contributed by atoms with Gasteiger partial charge in [-0.15, -0.1) is 0 Å². The van der Waals surface area contributed by atoms with Crippen LogP contribution < -0.4 is 14.8 Å². The Labute approximate surface area is 123 Å². The van der Waals surface area contributed by atoms with Crippen molar-refractivity contribution in [2.24, 2.45) is 0 Å². The largest absolute Gasteiger partial charge is 0.497 e. The van der Waals surface area contributed by atoms with E-state index < -0.39 is 5.82 Å². The number of anilines is 1. The molecule has 2 rings (SSSR count). The molecule has 2 aromatic carbocycles. The van der Waals surface area contributed by atoms with E-state index in [-0.39, 0.29) is 6.61 Å². The van der Waals surface area contributed by atoms with Crippen molar-refractivity contribution in [1.82, 2.24) is 0 Å². The first-order chi connectivity index (χ1) is 10.2. The highest BCUT2D eigenvalue weighted by atomic mass is 19.1. The van der Waals surface area contributed by atoms with Gasteiger partial charge < -0.3 is 19.9 Å². The molecule has 2 aromatic rings. The van der Waals surface area contributed by atoms with Crippen LogP contribution in [0.3, 0.4) is 0 Å². The average Bonchev–Trinajstić information content (AvgIpc) is 2.53. The topological polar surface area (TPSA) is 50.7 Å². The molecule has 0 atom stereocenters. The Hall–Kier alpha value is -2.27. The van der Waals surface area contributed by atoms with E-state index in [4.69, 9.17) is 14.6 Å². The monoisotopic (exact) mass is 291 g/mol. The van der Waals surface area contributed by atoms with Gasteiger partial charge in [0.15, 0.2) is 0 Å². The first kappa shape index (κ1) is 15.1. The third-order valence-corrected chi connectivity index (χ3v) is 3.18. The van der Waals surface area contributed by atoms with Crippen molar-refractivity contribution in [3.63, 3.8) is 0 Å². The van der Waals surface area contributed by atoms with Crippen LogP contribution in [0, 0.1) is 5.82 Å². The highest BCUT2D eigenvalue weighted by Crippen LogP contribution is 2.26. The minimum absolute atomic E-state index is 0.177. The summed E-state index contributed by atoms with van der Waals surface area (Å²) in [5, 5.41) is 12.0. The molecule has 0 saturated carbocycles. The van der Waals surface area contributed by atoms with E-state index >= 15 is 0 Å². The summed E-state index contributed by atoms with van der Waals surface area (Å²) in [5.74, 6) is 0.984. The molecule has 112 valence electrons. The van der Waals surface area contributed by atoms with Crippen molar-refractivity contribution in [2.45, 2.75) is 13.2 Å². The Balaban J connectivity index is 2.12. The van der Waals surface area contributed by atoms with E-state index in [0.29, 0.717) is 29.3 Å². The molecule has 0 fully saturated rings. The fourth-order valence-corrected chi connectivity index (χ4v) is 1.99. The maximum atomic E-state index is 13.8. The molecule has 0 spiro atoms. The zero-order valence-corrected chi connectivity index (χ0v) is 12.0. The third-order valence-electron chi connectivity index (χ3n) is 3.18. The zero-order valence-electron chi connectivity index (χ0n) is 12.0. The Morgan fingerprint density at radius 1 is 1.10 bits per heavy atom. The number of hydrogen-bond acceptors (Lipinski definition) is 4. The van der Waals surface area contributed by atoms with Crippen LogP contribution in [0.5, 0.6) is 11.5 Å². The molecule has 0 saturated heterocycles. The van der Waals surface area contributed by atoms with Crippen LogP contribution in [0.15, 0.2) is 36.4 Å². The second-order valence-electron chi connectivity index (χ2n) is 4.50. The highest BCUT2D eigenvalue weighted by molar-refractivity contribution is 5.49. The lowest BCUT2D eigenvalue weighted by atomic mass is 10.1. The van der Waals surface area contributed by atoms with E-state index in [9.17, 15) is 4.39 Å². The number of rotatable bonds is 6. The van der Waals surface area contributed by atoms with Crippen molar-refractivity contribution in [1.29, 1.82) is 0 Å². The predicted molar refractivity (Wildman–Crippen MR) is 79.2 cm³/mol. The first-order valence-corrected chi connectivity index (χ1v) is 6.52. The Morgan fingerprint density at radius 2 is 1.90 bits per heavy atom. The van der Waals surface area contributed by atoms with E-state index in [1.807, 2.05) is 12.1 Å². The fraction of sp³-hybridized carbons (Fsp3) is 0.250. The Morgan fingerprint density at radius 3 is 2.52 bits per heavy atom. The van der Waals surface area contributed by atoms with Gasteiger partial charge in [0, 0.05) is 18.2 Å². The number of aliphatic hydroxyl groups excluding tert-OH is 1. The van der Waals surface area contributed by atoms with Crippen molar-refractivity contribution in [3.05, 3.63) is 53.3 Å². The summed E-state index contributed by atoms with van der Waals surface area (Å²) in [5.41, 5.74) is 1.81. The number of hydrogen-bond donors (Lipinski definition) is 2. The van der Waals surface area contributed by atoms with Gasteiger partial charge in [0.25, 0.3) is 0 Å². The minimum Gasteiger partial charge on any atom is -0.497 e. The maximum absolute atomic E-state index is 13.8. The smallest absolute Gasteiger partial charge is 0.146 e. The lowest BCUT2D eigenvalue weighted by Gasteiger charge is -2.13. The van der Waals surface area contributed by atoms with Gasteiger partial charge in [-0.2, -0.15) is 0 Å². The zero-order chi connectivity index (χ0) is 15.2. The third kappa shape index (κ3) is 3.64. The molecular weight excluding hydrogens is 273 g/mol. The van der Waals surface area contributed by atoms with Gasteiger partial charge in [0.05, 0.1) is 26.5 Å². The Kier molecular flexibility index (Phi) is 5.00. The summed E-state index contributed by atoms with van der Waals surface area (Å²) in [6.07, 6.45) is 0. The molecule has 0 bridgehead atoms. The molecule has 21 heavy (non-hydrogen) atoms. The van der Waals surface area contributed by atoms with Crippen LogP contribution in [0.2, 0.25) is 0 Å². The molecule has 4 nitrogen and oxygen atoms in total. The molecule has 0 radical (unpaired) electrons. The second kappa shape index (κ2) is 6.95. The average molecular weight is 291 g/mol. The Bertz CT molecular complexity index is 616. The normalized spacial score (nSPS) is 10.3. The second-order valence-corrected chi connectivity index (χ2v) is 4.50. The molecule has 0 heterocycles. The summed E-state index contributed by atoms with van der Waals surface area (Å²) in [6, 6.07) is 10.1. The van der Waals surface area contributed by atoms with Crippen molar-refractivity contribution < 1.29 is 19.0 Å². The standard InChI is InChI=1S/C16H18FNO3/c1-20-13-5-4-12(16(8-13)21-2)9-18-15-6-3-11(10-19)7-14(15)17/h3-8,18-19H,9-10H2,1-2H3. The SMILES string of the molecule is COc1ccc(CNc2ccc(CO)cc2F)c(OC)c1. The number of methoxy groups -OCH3 is 2. The summed E-state index contributed by atoms with van der Waals surface area (Å²) >= 11 is 0.